The Morgan fingerprint density at radius 1 is 0.806 bits per heavy atom. The molecule has 0 saturated heterocycles. The zero-order chi connectivity index (χ0) is 23.2. The first kappa shape index (κ1) is 30.3. The van der Waals surface area contributed by atoms with Crippen molar-refractivity contribution in [2.24, 2.45) is 0 Å². The second kappa shape index (κ2) is 21.1. The molecule has 184 valence electrons. The lowest BCUT2D eigenvalue weighted by molar-refractivity contribution is -0.147. The largest absolute Gasteiger partial charge is 0.469 e. The third-order valence-electron chi connectivity index (χ3n) is 5.01. The average molecular weight is 465 g/mol. The van der Waals surface area contributed by atoms with E-state index in [1.807, 2.05) is 0 Å². The van der Waals surface area contributed by atoms with Crippen molar-refractivity contribution < 1.29 is 33.5 Å². The van der Waals surface area contributed by atoms with Gasteiger partial charge in [0, 0.05) is 6.42 Å². The molecule has 0 aliphatic rings. The molecular formula is C23H45O7P. The van der Waals surface area contributed by atoms with Crippen molar-refractivity contribution in [2.75, 3.05) is 13.2 Å². The van der Waals surface area contributed by atoms with Crippen molar-refractivity contribution in [1.29, 1.82) is 0 Å². The molecule has 8 heteroatoms. The lowest BCUT2D eigenvalue weighted by Crippen LogP contribution is -2.23. The van der Waals surface area contributed by atoms with Crippen LogP contribution in [0.1, 0.15) is 110 Å². The molecule has 7 nitrogen and oxygen atoms in total. The van der Waals surface area contributed by atoms with Gasteiger partial charge >= 0.3 is 13.8 Å². The summed E-state index contributed by atoms with van der Waals surface area (Å²) in [7, 11) is -4.62. The van der Waals surface area contributed by atoms with Crippen LogP contribution in [0.15, 0.2) is 12.2 Å². The number of hydrogen-bond donors (Lipinski definition) is 3. The third-order valence-corrected chi connectivity index (χ3v) is 5.50. The van der Waals surface area contributed by atoms with Gasteiger partial charge in [-0.05, 0) is 32.1 Å². The Bertz CT molecular complexity index is 490. The van der Waals surface area contributed by atoms with Gasteiger partial charge in [-0.25, -0.2) is 4.57 Å². The number of phosphoric ester groups is 1. The SMILES string of the molecule is CCCCCCC=CCCCCCCCCCCCC(=O)OCC(O)COP(=O)(O)O. The van der Waals surface area contributed by atoms with Crippen LogP contribution >= 0.6 is 7.82 Å². The lowest BCUT2D eigenvalue weighted by atomic mass is 10.1. The van der Waals surface area contributed by atoms with Crippen LogP contribution in [0.4, 0.5) is 0 Å². The van der Waals surface area contributed by atoms with E-state index in [4.69, 9.17) is 14.5 Å². The van der Waals surface area contributed by atoms with Crippen LogP contribution in [0.2, 0.25) is 0 Å². The van der Waals surface area contributed by atoms with E-state index in [0.29, 0.717) is 0 Å². The maximum atomic E-state index is 11.6. The summed E-state index contributed by atoms with van der Waals surface area (Å²) in [6.07, 6.45) is 21.9. The third kappa shape index (κ3) is 25.4. The Hall–Kier alpha value is -0.720. The fraction of sp³-hybridized carbons (Fsp3) is 0.870. The van der Waals surface area contributed by atoms with Gasteiger partial charge in [0.1, 0.15) is 12.7 Å². The Labute approximate surface area is 188 Å². The maximum absolute atomic E-state index is 11.6. The average Bonchev–Trinajstić information content (AvgIpc) is 2.72. The van der Waals surface area contributed by atoms with Crippen LogP contribution in [0.3, 0.4) is 0 Å². The van der Waals surface area contributed by atoms with Gasteiger partial charge in [0.15, 0.2) is 0 Å². The summed E-state index contributed by atoms with van der Waals surface area (Å²) in [6, 6.07) is 0. The molecule has 0 aliphatic heterocycles. The maximum Gasteiger partial charge on any atom is 0.469 e. The zero-order valence-corrected chi connectivity index (χ0v) is 20.3. The molecule has 1 atom stereocenters. The number of hydrogen-bond acceptors (Lipinski definition) is 5. The molecule has 1 unspecified atom stereocenters. The minimum Gasteiger partial charge on any atom is -0.463 e. The number of carbonyl (C=O) groups is 1. The number of unbranched alkanes of at least 4 members (excludes halogenated alkanes) is 13. The summed E-state index contributed by atoms with van der Waals surface area (Å²) in [4.78, 5) is 28.6. The highest BCUT2D eigenvalue weighted by Gasteiger charge is 2.17. The predicted molar refractivity (Wildman–Crippen MR) is 124 cm³/mol. The van der Waals surface area contributed by atoms with Crippen molar-refractivity contribution in [3.8, 4) is 0 Å². The molecule has 0 aromatic carbocycles. The first-order valence-corrected chi connectivity index (χ1v) is 13.6. The molecule has 0 amide bonds. The summed E-state index contributed by atoms with van der Waals surface area (Å²) in [5, 5.41) is 9.43. The summed E-state index contributed by atoms with van der Waals surface area (Å²) in [5.41, 5.74) is 0. The van der Waals surface area contributed by atoms with Crippen LogP contribution in [-0.2, 0) is 18.6 Å². The number of carbonyl (C=O) groups excluding carboxylic acids is 1. The first-order valence-electron chi connectivity index (χ1n) is 12.0. The molecule has 0 spiro atoms. The van der Waals surface area contributed by atoms with E-state index < -0.39 is 26.5 Å². The molecule has 0 aromatic heterocycles. The number of aliphatic hydroxyl groups is 1. The number of aliphatic hydroxyl groups excluding tert-OH is 1. The highest BCUT2D eigenvalue weighted by Crippen LogP contribution is 2.35. The number of phosphoric acid groups is 1. The molecule has 3 N–H and O–H groups in total. The molecule has 0 fully saturated rings. The van der Waals surface area contributed by atoms with E-state index in [1.54, 1.807) is 0 Å². The number of allylic oxidation sites excluding steroid dienone is 2. The van der Waals surface area contributed by atoms with Crippen LogP contribution in [0.25, 0.3) is 0 Å². The minimum absolute atomic E-state index is 0.290. The van der Waals surface area contributed by atoms with Gasteiger partial charge in [0.25, 0.3) is 0 Å². The molecule has 0 radical (unpaired) electrons. The Balaban J connectivity index is 3.32. The standard InChI is InChI=1S/C23H45O7P/c1-2-3-4-5-6-7-8-9-10-11-12-13-14-15-16-17-18-19-23(25)29-20-22(24)21-30-31(26,27)28/h7-8,22,24H,2-6,9-21H2,1H3,(H2,26,27,28). The van der Waals surface area contributed by atoms with Crippen molar-refractivity contribution in [2.45, 2.75) is 116 Å². The van der Waals surface area contributed by atoms with E-state index in [0.717, 1.165) is 19.3 Å². The second-order valence-electron chi connectivity index (χ2n) is 8.16. The van der Waals surface area contributed by atoms with E-state index in [2.05, 4.69) is 23.6 Å². The van der Waals surface area contributed by atoms with Gasteiger partial charge in [-0.15, -0.1) is 0 Å². The van der Waals surface area contributed by atoms with Gasteiger partial charge in [0.05, 0.1) is 6.61 Å². The number of ether oxygens (including phenoxy) is 1. The van der Waals surface area contributed by atoms with Gasteiger partial charge in [0.2, 0.25) is 0 Å². The highest BCUT2D eigenvalue weighted by molar-refractivity contribution is 7.46. The van der Waals surface area contributed by atoms with Crippen LogP contribution in [-0.4, -0.2) is 40.2 Å². The highest BCUT2D eigenvalue weighted by atomic mass is 31.2. The molecule has 0 aliphatic carbocycles. The van der Waals surface area contributed by atoms with Crippen LogP contribution in [0, 0.1) is 0 Å². The van der Waals surface area contributed by atoms with Crippen molar-refractivity contribution >= 4 is 13.8 Å². The number of rotatable bonds is 22. The summed E-state index contributed by atoms with van der Waals surface area (Å²) in [5.74, 6) is -0.412. The second-order valence-corrected chi connectivity index (χ2v) is 9.40. The number of esters is 1. The van der Waals surface area contributed by atoms with Gasteiger partial charge in [-0.3, -0.25) is 9.32 Å². The topological polar surface area (TPSA) is 113 Å². The van der Waals surface area contributed by atoms with E-state index in [-0.39, 0.29) is 13.0 Å². The monoisotopic (exact) mass is 464 g/mol. The fourth-order valence-electron chi connectivity index (χ4n) is 3.19. The predicted octanol–water partition coefficient (Wildman–Crippen LogP) is 5.82. The molecule has 0 rings (SSSR count). The van der Waals surface area contributed by atoms with Gasteiger partial charge < -0.3 is 19.6 Å². The van der Waals surface area contributed by atoms with Gasteiger partial charge in [-0.2, -0.15) is 0 Å². The molecule has 0 heterocycles. The van der Waals surface area contributed by atoms with Gasteiger partial charge in [-0.1, -0.05) is 83.3 Å². The summed E-state index contributed by atoms with van der Waals surface area (Å²) >= 11 is 0. The Kier molecular flexibility index (Phi) is 20.7. The summed E-state index contributed by atoms with van der Waals surface area (Å²) < 4.78 is 19.5. The normalized spacial score (nSPS) is 13.0. The van der Waals surface area contributed by atoms with Crippen molar-refractivity contribution in [3.05, 3.63) is 12.2 Å². The molecular weight excluding hydrogens is 419 g/mol. The molecule has 0 bridgehead atoms. The van der Waals surface area contributed by atoms with E-state index in [1.165, 1.54) is 77.0 Å². The van der Waals surface area contributed by atoms with Crippen LogP contribution < -0.4 is 0 Å². The lowest BCUT2D eigenvalue weighted by Gasteiger charge is -2.12. The molecule has 0 aromatic rings. The molecule has 0 saturated carbocycles. The smallest absolute Gasteiger partial charge is 0.463 e. The summed E-state index contributed by atoms with van der Waals surface area (Å²) in [6.45, 7) is 1.34. The van der Waals surface area contributed by atoms with Crippen molar-refractivity contribution in [3.63, 3.8) is 0 Å². The van der Waals surface area contributed by atoms with E-state index in [9.17, 15) is 14.5 Å². The van der Waals surface area contributed by atoms with E-state index >= 15 is 0 Å². The minimum atomic E-state index is -4.62. The molecule has 31 heavy (non-hydrogen) atoms. The quantitative estimate of drug-likeness (QED) is 0.0801. The fourth-order valence-corrected chi connectivity index (χ4v) is 3.55. The zero-order valence-electron chi connectivity index (χ0n) is 19.4. The van der Waals surface area contributed by atoms with Crippen LogP contribution in [0.5, 0.6) is 0 Å². The Morgan fingerprint density at radius 3 is 1.81 bits per heavy atom. The Morgan fingerprint density at radius 2 is 1.29 bits per heavy atom. The first-order chi connectivity index (χ1) is 14.8. The van der Waals surface area contributed by atoms with Crippen molar-refractivity contribution in [1.82, 2.24) is 0 Å².